The fourth-order valence-corrected chi connectivity index (χ4v) is 6.99. The van der Waals surface area contributed by atoms with Gasteiger partial charge in [-0.05, 0) is 42.9 Å². The van der Waals surface area contributed by atoms with E-state index in [-0.39, 0.29) is 35.9 Å². The number of nitrogens with one attached hydrogen (secondary N) is 1. The quantitative estimate of drug-likeness (QED) is 0.263. The molecule has 1 N–H and O–H groups in total. The third kappa shape index (κ3) is 9.54. The first-order chi connectivity index (χ1) is 18.6. The molecule has 0 bridgehead atoms. The van der Waals surface area contributed by atoms with Crippen molar-refractivity contribution in [3.63, 3.8) is 0 Å². The van der Waals surface area contributed by atoms with Gasteiger partial charge in [-0.2, -0.15) is 11.8 Å². The molecular weight excluding hydrogens is 526 g/mol. The minimum atomic E-state index is -0.484. The number of thioether (sulfide) groups is 1. The summed E-state index contributed by atoms with van der Waals surface area (Å²) < 4.78 is 1.11. The van der Waals surface area contributed by atoms with E-state index in [0.29, 0.717) is 37.3 Å². The average Bonchev–Trinajstić information content (AvgIpc) is 3.31. The number of carbonyl (C=O) groups is 3. The molecule has 3 rings (SSSR count). The minimum Gasteiger partial charge on any atom is -0.353 e. The van der Waals surface area contributed by atoms with E-state index < -0.39 is 5.92 Å². The zero-order valence-electron chi connectivity index (χ0n) is 24.3. The number of nitrogens with zero attached hydrogens (tertiary/aromatic N) is 2. The molecule has 2 heterocycles. The van der Waals surface area contributed by atoms with Crippen LogP contribution in [-0.2, 0) is 20.8 Å². The monoisotopic (exact) mass is 571 g/mol. The van der Waals surface area contributed by atoms with E-state index in [0.717, 1.165) is 46.2 Å². The van der Waals surface area contributed by atoms with Crippen LogP contribution >= 0.6 is 23.1 Å². The maximum absolute atomic E-state index is 13.5. The Hall–Kier alpha value is -2.03. The Balaban J connectivity index is 1.65. The van der Waals surface area contributed by atoms with E-state index in [4.69, 9.17) is 4.98 Å². The van der Waals surface area contributed by atoms with Crippen LogP contribution in [0.5, 0.6) is 0 Å². The molecule has 0 unspecified atom stereocenters. The van der Waals surface area contributed by atoms with Gasteiger partial charge in [0.25, 0.3) is 0 Å². The molecule has 0 spiro atoms. The number of rotatable bonds is 15. The number of aromatic nitrogens is 1. The second kappa shape index (κ2) is 15.1. The third-order valence-electron chi connectivity index (χ3n) is 7.70. The average molecular weight is 572 g/mol. The summed E-state index contributed by atoms with van der Waals surface area (Å²) in [5, 5.41) is 4.09. The van der Waals surface area contributed by atoms with Crippen LogP contribution in [0.4, 0.5) is 0 Å². The van der Waals surface area contributed by atoms with E-state index in [1.807, 2.05) is 17.8 Å². The van der Waals surface area contributed by atoms with Gasteiger partial charge in [0.15, 0.2) is 5.78 Å². The van der Waals surface area contributed by atoms with Crippen molar-refractivity contribution in [3.05, 3.63) is 40.9 Å². The number of carbonyl (C=O) groups excluding carboxylic acids is 3. The highest BCUT2D eigenvalue weighted by molar-refractivity contribution is 7.99. The maximum Gasteiger partial charge on any atom is 0.224 e. The highest BCUT2D eigenvalue weighted by atomic mass is 32.2. The molecule has 0 saturated carbocycles. The summed E-state index contributed by atoms with van der Waals surface area (Å²) >= 11 is 3.55. The van der Waals surface area contributed by atoms with Gasteiger partial charge >= 0.3 is 0 Å². The number of amides is 1. The van der Waals surface area contributed by atoms with Crippen LogP contribution in [0.15, 0.2) is 30.4 Å². The topological polar surface area (TPSA) is 79.4 Å². The standard InChI is InChI=1S/C31H45N3O3S2/c1-7-21(4)26(10-11-28(36)22(5)19-34-12-14-38-15-13-34)33-31(37)25(16-23(6)35)18-30-32-27-9-8-24(20(2)3)17-29(27)39-30/h8-9,17,20-21,25-26H,5,7,10-16,18-19H2,1-4,6H3,(H,33,37)/t21-,25-,26+/m0/s1. The summed E-state index contributed by atoms with van der Waals surface area (Å²) in [4.78, 5) is 45.6. The summed E-state index contributed by atoms with van der Waals surface area (Å²) in [6.45, 7) is 16.7. The first-order valence-electron chi connectivity index (χ1n) is 14.3. The molecule has 1 aromatic heterocycles. The molecule has 2 aromatic rings. The second-order valence-electron chi connectivity index (χ2n) is 11.3. The Bertz CT molecular complexity index is 1150. The molecule has 0 radical (unpaired) electrons. The molecule has 1 aliphatic heterocycles. The van der Waals surface area contributed by atoms with Crippen LogP contribution in [0.2, 0.25) is 0 Å². The molecule has 1 fully saturated rings. The first kappa shape index (κ1) is 31.5. The zero-order chi connectivity index (χ0) is 28.5. The van der Waals surface area contributed by atoms with Gasteiger partial charge in [0.2, 0.25) is 5.91 Å². The van der Waals surface area contributed by atoms with Crippen molar-refractivity contribution >= 4 is 50.8 Å². The normalized spacial score (nSPS) is 16.7. The lowest BCUT2D eigenvalue weighted by atomic mass is 9.91. The molecule has 3 atom stereocenters. The van der Waals surface area contributed by atoms with Gasteiger partial charge in [0.05, 0.1) is 21.1 Å². The molecule has 214 valence electrons. The number of ketones is 2. The molecule has 6 nitrogen and oxygen atoms in total. The van der Waals surface area contributed by atoms with Crippen molar-refractivity contribution in [2.24, 2.45) is 11.8 Å². The fraction of sp³-hybridized carbons (Fsp3) is 0.613. The summed E-state index contributed by atoms with van der Waals surface area (Å²) in [7, 11) is 0. The molecule has 1 aliphatic rings. The summed E-state index contributed by atoms with van der Waals surface area (Å²) in [6, 6.07) is 6.19. The Morgan fingerprint density at radius 2 is 1.87 bits per heavy atom. The van der Waals surface area contributed by atoms with Gasteiger partial charge in [-0.1, -0.05) is 46.8 Å². The van der Waals surface area contributed by atoms with Crippen molar-refractivity contribution in [2.45, 2.75) is 78.7 Å². The smallest absolute Gasteiger partial charge is 0.224 e. The number of benzene rings is 1. The van der Waals surface area contributed by atoms with Crippen molar-refractivity contribution in [3.8, 4) is 0 Å². The van der Waals surface area contributed by atoms with Crippen molar-refractivity contribution in [1.82, 2.24) is 15.2 Å². The Labute approximate surface area is 242 Å². The maximum atomic E-state index is 13.5. The Morgan fingerprint density at radius 3 is 2.51 bits per heavy atom. The zero-order valence-corrected chi connectivity index (χ0v) is 25.9. The lowest BCUT2D eigenvalue weighted by molar-refractivity contribution is -0.129. The van der Waals surface area contributed by atoms with Crippen molar-refractivity contribution in [1.29, 1.82) is 0 Å². The second-order valence-corrected chi connectivity index (χ2v) is 13.6. The van der Waals surface area contributed by atoms with Crippen molar-refractivity contribution < 1.29 is 14.4 Å². The third-order valence-corrected chi connectivity index (χ3v) is 9.69. The number of thiazole rings is 1. The first-order valence-corrected chi connectivity index (χ1v) is 16.2. The van der Waals surface area contributed by atoms with Gasteiger partial charge in [-0.3, -0.25) is 14.5 Å². The summed E-state index contributed by atoms with van der Waals surface area (Å²) in [5.74, 6) is 2.29. The fourth-order valence-electron chi connectivity index (χ4n) is 4.92. The summed E-state index contributed by atoms with van der Waals surface area (Å²) in [5.41, 5.74) is 2.85. The Morgan fingerprint density at radius 1 is 1.15 bits per heavy atom. The molecule has 0 aliphatic carbocycles. The predicted molar refractivity (Wildman–Crippen MR) is 165 cm³/mol. The number of Topliss-reactive ketones (excluding diaryl/α,β-unsaturated/α-hetero) is 2. The van der Waals surface area contributed by atoms with Crippen LogP contribution in [0.1, 0.15) is 76.8 Å². The van der Waals surface area contributed by atoms with Crippen LogP contribution < -0.4 is 5.32 Å². The lowest BCUT2D eigenvalue weighted by Gasteiger charge is -2.28. The van der Waals surface area contributed by atoms with Crippen LogP contribution in [0, 0.1) is 11.8 Å². The van der Waals surface area contributed by atoms with Gasteiger partial charge < -0.3 is 10.1 Å². The van der Waals surface area contributed by atoms with Gasteiger partial charge in [-0.15, -0.1) is 11.3 Å². The number of fused-ring (bicyclic) bond motifs is 1. The molecule has 39 heavy (non-hydrogen) atoms. The van der Waals surface area contributed by atoms with Crippen LogP contribution in [-0.4, -0.2) is 64.5 Å². The molecule has 8 heteroatoms. The molecule has 1 amide bonds. The molecule has 1 saturated heterocycles. The minimum absolute atomic E-state index is 0.0129. The lowest BCUT2D eigenvalue weighted by Crippen LogP contribution is -2.43. The van der Waals surface area contributed by atoms with Crippen molar-refractivity contribution in [2.75, 3.05) is 31.1 Å². The van der Waals surface area contributed by atoms with E-state index in [2.05, 4.69) is 56.6 Å². The van der Waals surface area contributed by atoms with E-state index >= 15 is 0 Å². The van der Waals surface area contributed by atoms with E-state index in [1.165, 1.54) is 12.5 Å². The predicted octanol–water partition coefficient (Wildman–Crippen LogP) is 6.04. The SMILES string of the molecule is C=C(CN1CCSCC1)C(=O)CC[C@@H](NC(=O)[C@@H](CC(C)=O)Cc1nc2ccc(C(C)C)cc2s1)[C@@H](C)CC. The molecule has 1 aromatic carbocycles. The van der Waals surface area contributed by atoms with E-state index in [9.17, 15) is 14.4 Å². The van der Waals surface area contributed by atoms with Gasteiger partial charge in [0.1, 0.15) is 5.78 Å². The number of hydrogen-bond acceptors (Lipinski definition) is 7. The van der Waals surface area contributed by atoms with E-state index in [1.54, 1.807) is 11.3 Å². The van der Waals surface area contributed by atoms with Gasteiger partial charge in [0, 0.05) is 62.0 Å². The highest BCUT2D eigenvalue weighted by Crippen LogP contribution is 2.28. The largest absolute Gasteiger partial charge is 0.353 e. The van der Waals surface area contributed by atoms with Gasteiger partial charge in [-0.25, -0.2) is 4.98 Å². The van der Waals surface area contributed by atoms with Crippen LogP contribution in [0.3, 0.4) is 0 Å². The molecular formula is C31H45N3O3S2. The number of hydrogen-bond donors (Lipinski definition) is 1. The Kier molecular flexibility index (Phi) is 12.2. The highest BCUT2D eigenvalue weighted by Gasteiger charge is 2.27. The summed E-state index contributed by atoms with van der Waals surface area (Å²) in [6.07, 6.45) is 2.43. The van der Waals surface area contributed by atoms with Crippen LogP contribution in [0.25, 0.3) is 10.2 Å².